The molecule has 16 heavy (non-hydrogen) atoms. The van der Waals surface area contributed by atoms with Crippen LogP contribution in [-0.2, 0) is 9.59 Å². The Morgan fingerprint density at radius 1 is 0.875 bits per heavy atom. The molecular formula is C13H25NO2. The average molecular weight is 227 g/mol. The summed E-state index contributed by atoms with van der Waals surface area (Å²) in [6.07, 6.45) is 7.05. The number of hydrogen-bond donors (Lipinski definition) is 0. The summed E-state index contributed by atoms with van der Waals surface area (Å²) in [5, 5.41) is 0. The third-order valence-electron chi connectivity index (χ3n) is 2.72. The zero-order valence-corrected chi connectivity index (χ0v) is 10.9. The Balaban J connectivity index is 0.000000244. The molecule has 2 fully saturated rings. The van der Waals surface area contributed by atoms with Crippen molar-refractivity contribution in [3.8, 4) is 0 Å². The zero-order chi connectivity index (χ0) is 12.4. The van der Waals surface area contributed by atoms with Gasteiger partial charge in [0.05, 0.1) is 0 Å². The molecule has 1 heterocycles. The summed E-state index contributed by atoms with van der Waals surface area (Å²) in [5.41, 5.74) is 0. The van der Waals surface area contributed by atoms with Crippen LogP contribution in [0.5, 0.6) is 0 Å². The van der Waals surface area contributed by atoms with Crippen molar-refractivity contribution in [1.29, 1.82) is 0 Å². The van der Waals surface area contributed by atoms with Gasteiger partial charge in [-0.25, -0.2) is 0 Å². The van der Waals surface area contributed by atoms with Gasteiger partial charge in [0, 0.05) is 32.9 Å². The first-order chi connectivity index (χ1) is 7.70. The topological polar surface area (TPSA) is 37.4 Å². The number of likely N-dealkylation sites (tertiary alicyclic amines) is 1. The highest BCUT2D eigenvalue weighted by atomic mass is 16.2. The quantitative estimate of drug-likeness (QED) is 0.638. The van der Waals surface area contributed by atoms with Crippen LogP contribution in [0.3, 0.4) is 0 Å². The van der Waals surface area contributed by atoms with Crippen molar-refractivity contribution in [2.24, 2.45) is 0 Å². The number of carbonyl (C=O) groups excluding carboxylic acids is 2. The number of ketones is 1. The molecule has 0 N–H and O–H groups in total. The van der Waals surface area contributed by atoms with Gasteiger partial charge in [-0.1, -0.05) is 20.3 Å². The summed E-state index contributed by atoms with van der Waals surface area (Å²) in [6, 6.07) is 0. The molecule has 0 bridgehead atoms. The van der Waals surface area contributed by atoms with E-state index >= 15 is 0 Å². The second-order valence-electron chi connectivity index (χ2n) is 4.02. The lowest BCUT2D eigenvalue weighted by molar-refractivity contribution is -0.126. The van der Waals surface area contributed by atoms with Crippen LogP contribution < -0.4 is 0 Å². The van der Waals surface area contributed by atoms with E-state index in [2.05, 4.69) is 0 Å². The van der Waals surface area contributed by atoms with Crippen LogP contribution >= 0.6 is 0 Å². The van der Waals surface area contributed by atoms with Gasteiger partial charge in [0.1, 0.15) is 5.78 Å². The highest BCUT2D eigenvalue weighted by Gasteiger charge is 2.14. The Bertz CT molecular complexity index is 206. The molecule has 3 nitrogen and oxygen atoms in total. The first-order valence-electron chi connectivity index (χ1n) is 6.46. The summed E-state index contributed by atoms with van der Waals surface area (Å²) >= 11 is 0. The normalized spacial score (nSPS) is 19.6. The smallest absolute Gasteiger partial charge is 0.222 e. The summed E-state index contributed by atoms with van der Waals surface area (Å²) in [7, 11) is 1.84. The molecule has 2 rings (SSSR count). The van der Waals surface area contributed by atoms with E-state index in [0.29, 0.717) is 11.7 Å². The minimum absolute atomic E-state index is 0.292. The first-order valence-corrected chi connectivity index (χ1v) is 6.46. The monoisotopic (exact) mass is 227 g/mol. The largest absolute Gasteiger partial charge is 0.346 e. The lowest BCUT2D eigenvalue weighted by Gasteiger charge is -2.05. The molecule has 1 aliphatic carbocycles. The van der Waals surface area contributed by atoms with Gasteiger partial charge in [-0.05, 0) is 19.3 Å². The minimum atomic E-state index is 0.292. The number of hydrogen-bond acceptors (Lipinski definition) is 2. The fourth-order valence-electron chi connectivity index (χ4n) is 1.73. The van der Waals surface area contributed by atoms with Gasteiger partial charge in [-0.15, -0.1) is 0 Å². The maximum absolute atomic E-state index is 10.5. The van der Waals surface area contributed by atoms with Crippen LogP contribution in [0, 0.1) is 0 Å². The third kappa shape index (κ3) is 6.59. The van der Waals surface area contributed by atoms with E-state index in [0.717, 1.165) is 45.1 Å². The van der Waals surface area contributed by atoms with Gasteiger partial charge in [0.25, 0.3) is 0 Å². The summed E-state index contributed by atoms with van der Waals surface area (Å²) in [4.78, 5) is 22.7. The highest BCUT2D eigenvalue weighted by molar-refractivity contribution is 5.78. The van der Waals surface area contributed by atoms with Gasteiger partial charge < -0.3 is 4.90 Å². The van der Waals surface area contributed by atoms with Gasteiger partial charge in [0.15, 0.2) is 0 Å². The van der Waals surface area contributed by atoms with Crippen molar-refractivity contribution < 1.29 is 9.59 Å². The van der Waals surface area contributed by atoms with Crippen LogP contribution in [0.2, 0.25) is 0 Å². The third-order valence-corrected chi connectivity index (χ3v) is 2.72. The van der Waals surface area contributed by atoms with Crippen molar-refractivity contribution >= 4 is 11.7 Å². The number of nitrogens with zero attached hydrogens (tertiary/aromatic N) is 1. The Morgan fingerprint density at radius 3 is 1.62 bits per heavy atom. The molecule has 0 aromatic carbocycles. The van der Waals surface area contributed by atoms with Crippen molar-refractivity contribution in [1.82, 2.24) is 4.90 Å². The predicted octanol–water partition coefficient (Wildman–Crippen LogP) is 2.78. The van der Waals surface area contributed by atoms with Crippen LogP contribution in [-0.4, -0.2) is 30.2 Å². The summed E-state index contributed by atoms with van der Waals surface area (Å²) in [5.74, 6) is 0.756. The zero-order valence-electron chi connectivity index (χ0n) is 10.9. The van der Waals surface area contributed by atoms with Crippen molar-refractivity contribution in [2.45, 2.75) is 58.8 Å². The van der Waals surface area contributed by atoms with Gasteiger partial charge in [-0.2, -0.15) is 0 Å². The maximum Gasteiger partial charge on any atom is 0.222 e. The van der Waals surface area contributed by atoms with E-state index in [-0.39, 0.29) is 0 Å². The van der Waals surface area contributed by atoms with Gasteiger partial charge in [-0.3, -0.25) is 9.59 Å². The van der Waals surface area contributed by atoms with Gasteiger partial charge in [0.2, 0.25) is 5.91 Å². The van der Waals surface area contributed by atoms with Crippen molar-refractivity contribution in [2.75, 3.05) is 13.6 Å². The van der Waals surface area contributed by atoms with Gasteiger partial charge >= 0.3 is 0 Å². The molecule has 94 valence electrons. The standard InChI is InChI=1S/C6H10O.C5H9NO.C2H6/c7-6-4-2-1-3-5-6;1-6-4-2-3-5(6)7;1-2/h1-5H2;2-4H2,1H3;1-2H3. The van der Waals surface area contributed by atoms with E-state index in [1.165, 1.54) is 6.42 Å². The van der Waals surface area contributed by atoms with Crippen LogP contribution in [0.4, 0.5) is 0 Å². The maximum atomic E-state index is 10.5. The lowest BCUT2D eigenvalue weighted by atomic mass is 10.00. The fourth-order valence-corrected chi connectivity index (χ4v) is 1.73. The summed E-state index contributed by atoms with van der Waals surface area (Å²) < 4.78 is 0. The molecule has 0 spiro atoms. The average Bonchev–Trinajstić information content (AvgIpc) is 2.68. The molecular weight excluding hydrogens is 202 g/mol. The Hall–Kier alpha value is -0.860. The molecule has 1 aliphatic heterocycles. The van der Waals surface area contributed by atoms with Crippen molar-refractivity contribution in [3.63, 3.8) is 0 Å². The molecule has 1 saturated carbocycles. The van der Waals surface area contributed by atoms with E-state index in [9.17, 15) is 9.59 Å². The molecule has 0 aromatic rings. The van der Waals surface area contributed by atoms with E-state index in [1.807, 2.05) is 20.9 Å². The Morgan fingerprint density at radius 2 is 1.44 bits per heavy atom. The van der Waals surface area contributed by atoms with E-state index in [4.69, 9.17) is 0 Å². The van der Waals surface area contributed by atoms with Crippen molar-refractivity contribution in [3.05, 3.63) is 0 Å². The highest BCUT2D eigenvalue weighted by Crippen LogP contribution is 2.12. The fraction of sp³-hybridized carbons (Fsp3) is 0.846. The summed E-state index contributed by atoms with van der Waals surface area (Å²) in [6.45, 7) is 4.96. The molecule has 0 radical (unpaired) electrons. The molecule has 3 heteroatoms. The number of amides is 1. The van der Waals surface area contributed by atoms with Crippen LogP contribution in [0.15, 0.2) is 0 Å². The van der Waals surface area contributed by atoms with Crippen LogP contribution in [0.25, 0.3) is 0 Å². The molecule has 0 atom stereocenters. The van der Waals surface area contributed by atoms with E-state index in [1.54, 1.807) is 4.90 Å². The molecule has 1 saturated heterocycles. The Kier molecular flexibility index (Phi) is 8.87. The molecule has 1 amide bonds. The second-order valence-corrected chi connectivity index (χ2v) is 4.02. The molecule has 2 aliphatic rings. The number of carbonyl (C=O) groups is 2. The minimum Gasteiger partial charge on any atom is -0.346 e. The first kappa shape index (κ1) is 15.1. The number of Topliss-reactive ketones (excluding diaryl/α,β-unsaturated/α-hetero) is 1. The number of rotatable bonds is 0. The van der Waals surface area contributed by atoms with Crippen LogP contribution in [0.1, 0.15) is 58.8 Å². The molecule has 0 aromatic heterocycles. The lowest BCUT2D eigenvalue weighted by Crippen LogP contribution is -2.17. The molecule has 0 unspecified atom stereocenters. The SMILES string of the molecule is CC.CN1CCCC1=O.O=C1CCCCC1. The Labute approximate surface area is 99.2 Å². The predicted molar refractivity (Wildman–Crippen MR) is 66.3 cm³/mol. The second kappa shape index (κ2) is 9.37. The van der Waals surface area contributed by atoms with E-state index < -0.39 is 0 Å².